The molecule has 5 aromatic rings. The first-order chi connectivity index (χ1) is 17.7. The predicted octanol–water partition coefficient (Wildman–Crippen LogP) is 6.69. The fourth-order valence-electron chi connectivity index (χ4n) is 3.97. The summed E-state index contributed by atoms with van der Waals surface area (Å²) >= 11 is 4.91. The number of rotatable bonds is 8. The van der Waals surface area contributed by atoms with Crippen molar-refractivity contribution >= 4 is 33.6 Å². The number of carbonyl (C=O) groups is 1. The maximum absolute atomic E-state index is 13.1. The van der Waals surface area contributed by atoms with E-state index in [2.05, 4.69) is 31.4 Å². The van der Waals surface area contributed by atoms with Gasteiger partial charge in [-0.2, -0.15) is 0 Å². The van der Waals surface area contributed by atoms with E-state index < -0.39 is 0 Å². The van der Waals surface area contributed by atoms with E-state index in [0.29, 0.717) is 5.16 Å². The quantitative estimate of drug-likeness (QED) is 0.217. The average Bonchev–Trinajstić information content (AvgIpc) is 3.36. The van der Waals surface area contributed by atoms with Crippen LogP contribution >= 0.6 is 27.7 Å². The molecule has 0 aliphatic rings. The first-order valence-electron chi connectivity index (χ1n) is 11.5. The number of para-hydroxylation sites is 1. The van der Waals surface area contributed by atoms with E-state index in [1.807, 2.05) is 120 Å². The summed E-state index contributed by atoms with van der Waals surface area (Å²) in [6.45, 7) is 0. The normalized spacial score (nSPS) is 10.9. The first kappa shape index (κ1) is 24.0. The van der Waals surface area contributed by atoms with Gasteiger partial charge in [-0.15, -0.1) is 10.2 Å². The summed E-state index contributed by atoms with van der Waals surface area (Å²) in [6.07, 6.45) is 0. The molecule has 0 radical (unpaired) electrons. The Kier molecular flexibility index (Phi) is 7.59. The molecule has 0 unspecified atom stereocenters. The number of amides is 1. The number of aromatic nitrogens is 3. The Labute approximate surface area is 222 Å². The molecule has 0 atom stereocenters. The molecular formula is C29H23BrN4OS. The highest BCUT2D eigenvalue weighted by Crippen LogP contribution is 2.29. The van der Waals surface area contributed by atoms with Gasteiger partial charge in [0.1, 0.15) is 0 Å². The largest absolute Gasteiger partial charge is 0.344 e. The van der Waals surface area contributed by atoms with Crippen molar-refractivity contribution in [3.63, 3.8) is 0 Å². The third-order valence-corrected chi connectivity index (χ3v) is 7.06. The monoisotopic (exact) mass is 554 g/mol. The zero-order chi connectivity index (χ0) is 24.7. The van der Waals surface area contributed by atoms with Crippen LogP contribution in [0.5, 0.6) is 0 Å². The number of halogens is 1. The molecule has 0 spiro atoms. The predicted molar refractivity (Wildman–Crippen MR) is 148 cm³/mol. The fraction of sp³-hybridized carbons (Fsp3) is 0.0690. The van der Waals surface area contributed by atoms with Crippen LogP contribution in [0.4, 0.5) is 0 Å². The van der Waals surface area contributed by atoms with Crippen molar-refractivity contribution in [2.45, 2.75) is 11.2 Å². The van der Waals surface area contributed by atoms with Gasteiger partial charge in [0.25, 0.3) is 0 Å². The smallest absolute Gasteiger partial charge is 0.231 e. The van der Waals surface area contributed by atoms with Crippen LogP contribution in [-0.2, 0) is 4.79 Å². The lowest BCUT2D eigenvalue weighted by molar-refractivity contribution is -0.119. The molecule has 4 aromatic carbocycles. The maximum Gasteiger partial charge on any atom is 0.231 e. The third kappa shape index (κ3) is 5.58. The topological polar surface area (TPSA) is 59.8 Å². The van der Waals surface area contributed by atoms with E-state index in [1.165, 1.54) is 11.8 Å². The Morgan fingerprint density at radius 1 is 0.806 bits per heavy atom. The van der Waals surface area contributed by atoms with Crippen LogP contribution in [0.25, 0.3) is 17.1 Å². The van der Waals surface area contributed by atoms with Gasteiger partial charge in [-0.05, 0) is 35.4 Å². The van der Waals surface area contributed by atoms with E-state index in [0.717, 1.165) is 32.7 Å². The van der Waals surface area contributed by atoms with Gasteiger partial charge in [0, 0.05) is 15.7 Å². The second kappa shape index (κ2) is 11.4. The number of hydrogen-bond acceptors (Lipinski definition) is 4. The highest BCUT2D eigenvalue weighted by Gasteiger charge is 2.20. The molecule has 0 aliphatic heterocycles. The molecule has 36 heavy (non-hydrogen) atoms. The minimum absolute atomic E-state index is 0.0793. The van der Waals surface area contributed by atoms with E-state index in [1.54, 1.807) is 0 Å². The standard InChI is InChI=1S/C29H23BrN4OS/c30-24-16-10-15-23(19-24)28-32-33-29(34(28)25-17-8-3-9-18-25)36-20-26(35)31-27(21-11-4-1-5-12-21)22-13-6-2-7-14-22/h1-19,27H,20H2,(H,31,35). The number of hydrogen-bond donors (Lipinski definition) is 1. The lowest BCUT2D eigenvalue weighted by Gasteiger charge is -2.20. The number of thioether (sulfide) groups is 1. The van der Waals surface area contributed by atoms with Crippen LogP contribution in [0.3, 0.4) is 0 Å². The zero-order valence-electron chi connectivity index (χ0n) is 19.3. The van der Waals surface area contributed by atoms with Crippen molar-refractivity contribution in [3.05, 3.63) is 131 Å². The summed E-state index contributed by atoms with van der Waals surface area (Å²) in [5.74, 6) is 0.848. The van der Waals surface area contributed by atoms with Crippen LogP contribution in [-0.4, -0.2) is 26.4 Å². The second-order valence-electron chi connectivity index (χ2n) is 8.10. The summed E-state index contributed by atoms with van der Waals surface area (Å²) in [4.78, 5) is 13.1. The van der Waals surface area contributed by atoms with Crippen molar-refractivity contribution in [1.29, 1.82) is 0 Å². The Morgan fingerprint density at radius 3 is 2.03 bits per heavy atom. The summed E-state index contributed by atoms with van der Waals surface area (Å²) in [6, 6.07) is 37.7. The molecule has 0 saturated carbocycles. The number of nitrogens with zero attached hydrogens (tertiary/aromatic N) is 3. The number of nitrogens with one attached hydrogen (secondary N) is 1. The van der Waals surface area contributed by atoms with Crippen molar-refractivity contribution in [3.8, 4) is 17.1 Å². The van der Waals surface area contributed by atoms with E-state index >= 15 is 0 Å². The third-order valence-electron chi connectivity index (χ3n) is 5.63. The molecular weight excluding hydrogens is 532 g/mol. The van der Waals surface area contributed by atoms with Crippen molar-refractivity contribution in [2.75, 3.05) is 5.75 Å². The molecule has 0 saturated heterocycles. The molecule has 0 fully saturated rings. The van der Waals surface area contributed by atoms with Crippen LogP contribution in [0.2, 0.25) is 0 Å². The Balaban J connectivity index is 1.39. The number of carbonyl (C=O) groups excluding carboxylic acids is 1. The minimum atomic E-state index is -0.232. The lowest BCUT2D eigenvalue weighted by Crippen LogP contribution is -2.30. The molecule has 1 aromatic heterocycles. The Morgan fingerprint density at radius 2 is 1.42 bits per heavy atom. The Bertz CT molecular complexity index is 1400. The summed E-state index contributed by atoms with van der Waals surface area (Å²) in [5.41, 5.74) is 3.94. The van der Waals surface area contributed by atoms with E-state index in [-0.39, 0.29) is 17.7 Å². The highest BCUT2D eigenvalue weighted by molar-refractivity contribution is 9.10. The second-order valence-corrected chi connectivity index (χ2v) is 9.96. The lowest BCUT2D eigenvalue weighted by atomic mass is 9.99. The van der Waals surface area contributed by atoms with Gasteiger partial charge in [-0.1, -0.05) is 119 Å². The molecule has 1 heterocycles. The van der Waals surface area contributed by atoms with Gasteiger partial charge in [0.2, 0.25) is 5.91 Å². The van der Waals surface area contributed by atoms with E-state index in [4.69, 9.17) is 0 Å². The highest BCUT2D eigenvalue weighted by atomic mass is 79.9. The molecule has 5 nitrogen and oxygen atoms in total. The van der Waals surface area contributed by atoms with Gasteiger partial charge in [-0.25, -0.2) is 0 Å². The number of benzene rings is 4. The molecule has 7 heteroatoms. The molecule has 178 valence electrons. The molecule has 1 N–H and O–H groups in total. The SMILES string of the molecule is O=C(CSc1nnc(-c2cccc(Br)c2)n1-c1ccccc1)NC(c1ccccc1)c1ccccc1. The maximum atomic E-state index is 13.1. The van der Waals surface area contributed by atoms with Crippen LogP contribution in [0, 0.1) is 0 Å². The Hall–Kier alpha value is -3.68. The summed E-state index contributed by atoms with van der Waals surface area (Å²) < 4.78 is 2.95. The van der Waals surface area contributed by atoms with Crippen molar-refractivity contribution in [1.82, 2.24) is 20.1 Å². The molecule has 5 rings (SSSR count). The van der Waals surface area contributed by atoms with Gasteiger partial charge in [-0.3, -0.25) is 9.36 Å². The fourth-order valence-corrected chi connectivity index (χ4v) is 5.13. The van der Waals surface area contributed by atoms with Crippen molar-refractivity contribution < 1.29 is 4.79 Å². The van der Waals surface area contributed by atoms with Crippen LogP contribution in [0.1, 0.15) is 17.2 Å². The van der Waals surface area contributed by atoms with Gasteiger partial charge in [0.05, 0.1) is 11.8 Å². The molecule has 1 amide bonds. The molecule has 0 aliphatic carbocycles. The first-order valence-corrected chi connectivity index (χ1v) is 13.3. The van der Waals surface area contributed by atoms with Gasteiger partial charge >= 0.3 is 0 Å². The van der Waals surface area contributed by atoms with Crippen molar-refractivity contribution in [2.24, 2.45) is 0 Å². The van der Waals surface area contributed by atoms with Crippen LogP contribution in [0.15, 0.2) is 125 Å². The van der Waals surface area contributed by atoms with Gasteiger partial charge < -0.3 is 5.32 Å². The molecule has 0 bridgehead atoms. The minimum Gasteiger partial charge on any atom is -0.344 e. The summed E-state index contributed by atoms with van der Waals surface area (Å²) in [5, 5.41) is 12.8. The van der Waals surface area contributed by atoms with Crippen LogP contribution < -0.4 is 5.32 Å². The zero-order valence-corrected chi connectivity index (χ0v) is 21.7. The average molecular weight is 556 g/mol. The van der Waals surface area contributed by atoms with Gasteiger partial charge in [0.15, 0.2) is 11.0 Å². The summed E-state index contributed by atoms with van der Waals surface area (Å²) in [7, 11) is 0. The van der Waals surface area contributed by atoms with E-state index in [9.17, 15) is 4.79 Å².